The van der Waals surface area contributed by atoms with Gasteiger partial charge in [0.2, 0.25) is 0 Å². The summed E-state index contributed by atoms with van der Waals surface area (Å²) in [4.78, 5) is 3.30. The van der Waals surface area contributed by atoms with Crippen LogP contribution in [0.4, 0.5) is 4.39 Å². The van der Waals surface area contributed by atoms with Crippen molar-refractivity contribution in [2.45, 2.75) is 50.5 Å². The molecule has 1 aliphatic rings. The molecule has 0 spiro atoms. The van der Waals surface area contributed by atoms with Crippen molar-refractivity contribution in [2.75, 3.05) is 19.7 Å². The molecule has 3 nitrogen and oxygen atoms in total. The van der Waals surface area contributed by atoms with Gasteiger partial charge in [0.15, 0.2) is 0 Å². The molecule has 2 N–H and O–H groups in total. The summed E-state index contributed by atoms with van der Waals surface area (Å²) in [5.74, 6) is 4.15. The average molecular weight is 351 g/mol. The van der Waals surface area contributed by atoms with E-state index in [0.717, 1.165) is 54.7 Å². The number of hydrogen-bond acceptors (Lipinski definition) is 2. The molecule has 1 fully saturated rings. The zero-order valence-electron chi connectivity index (χ0n) is 14.4. The first-order chi connectivity index (χ1) is 11.6. The Labute approximate surface area is 145 Å². The standard InChI is InChI=1S/C19H27FN2OS/c1-14-12-17(20)19-16(15(14)8-4-3-7-11-23)13-18(21-19)24(2)22-9-5-6-10-22/h12-13,21,23H,2-11H2,1H3. The number of aryl methyl sites for hydroxylation is 2. The van der Waals surface area contributed by atoms with E-state index in [0.29, 0.717) is 5.52 Å². The summed E-state index contributed by atoms with van der Waals surface area (Å²) in [6.07, 6.45) is 6.23. The predicted octanol–water partition coefficient (Wildman–Crippen LogP) is 4.39. The van der Waals surface area contributed by atoms with Crippen LogP contribution in [0.5, 0.6) is 0 Å². The summed E-state index contributed by atoms with van der Waals surface area (Å²) >= 11 is 0. The number of H-pyrrole nitrogens is 1. The minimum Gasteiger partial charge on any atom is -0.396 e. The zero-order valence-corrected chi connectivity index (χ0v) is 15.2. The highest BCUT2D eigenvalue weighted by molar-refractivity contribution is 8.12. The molecule has 0 saturated carbocycles. The maximum absolute atomic E-state index is 14.4. The molecule has 2 heterocycles. The number of hydrogen-bond donors (Lipinski definition) is 2. The number of aliphatic hydroxyl groups excluding tert-OH is 1. The van der Waals surface area contributed by atoms with E-state index in [2.05, 4.69) is 21.2 Å². The van der Waals surface area contributed by atoms with Gasteiger partial charge in [-0.1, -0.05) is 23.0 Å². The Morgan fingerprint density at radius 1 is 1.25 bits per heavy atom. The number of fused-ring (bicyclic) bond motifs is 1. The lowest BCUT2D eigenvalue weighted by Gasteiger charge is -2.17. The lowest BCUT2D eigenvalue weighted by molar-refractivity contribution is 0.283. The number of unbranched alkanes of at least 4 members (excludes halogenated alkanes) is 2. The van der Waals surface area contributed by atoms with E-state index in [1.54, 1.807) is 6.07 Å². The number of nitrogens with zero attached hydrogens (tertiary/aromatic N) is 1. The average Bonchev–Trinajstić information content (AvgIpc) is 3.23. The third-order valence-electron chi connectivity index (χ3n) is 4.89. The number of nitrogens with one attached hydrogen (secondary N) is 1. The van der Waals surface area contributed by atoms with Crippen LogP contribution in [0.2, 0.25) is 0 Å². The second-order valence-corrected chi connectivity index (χ2v) is 8.30. The first-order valence-corrected chi connectivity index (χ1v) is 10.2. The van der Waals surface area contributed by atoms with E-state index in [1.807, 2.05) is 6.92 Å². The van der Waals surface area contributed by atoms with Crippen molar-refractivity contribution < 1.29 is 9.50 Å². The molecule has 1 atom stereocenters. The predicted molar refractivity (Wildman–Crippen MR) is 101 cm³/mol. The normalized spacial score (nSPS) is 17.0. The molecule has 1 aliphatic heterocycles. The van der Waals surface area contributed by atoms with Crippen molar-refractivity contribution in [3.63, 3.8) is 0 Å². The van der Waals surface area contributed by atoms with Crippen molar-refractivity contribution in [3.05, 3.63) is 29.1 Å². The van der Waals surface area contributed by atoms with Crippen molar-refractivity contribution in [3.8, 4) is 0 Å². The third kappa shape index (κ3) is 3.58. The van der Waals surface area contributed by atoms with Crippen molar-refractivity contribution >= 4 is 27.4 Å². The fraction of sp³-hybridized carbons (Fsp3) is 0.526. The Bertz CT molecular complexity index is 735. The fourth-order valence-electron chi connectivity index (χ4n) is 3.51. The van der Waals surface area contributed by atoms with Gasteiger partial charge in [0, 0.05) is 25.1 Å². The molecule has 24 heavy (non-hydrogen) atoms. The van der Waals surface area contributed by atoms with E-state index in [-0.39, 0.29) is 23.1 Å². The van der Waals surface area contributed by atoms with Crippen LogP contribution in [-0.2, 0) is 6.42 Å². The van der Waals surface area contributed by atoms with E-state index in [9.17, 15) is 4.39 Å². The molecular formula is C19H27FN2OS. The quantitative estimate of drug-likeness (QED) is 0.574. The molecule has 0 amide bonds. The molecule has 1 aromatic carbocycles. The van der Waals surface area contributed by atoms with Gasteiger partial charge >= 0.3 is 0 Å². The van der Waals surface area contributed by atoms with Crippen LogP contribution in [0.1, 0.15) is 43.2 Å². The second-order valence-electron chi connectivity index (χ2n) is 6.61. The zero-order chi connectivity index (χ0) is 17.1. The van der Waals surface area contributed by atoms with Gasteiger partial charge in [0.05, 0.1) is 10.5 Å². The summed E-state index contributed by atoms with van der Waals surface area (Å²) in [5, 5.41) is 11.0. The highest BCUT2D eigenvalue weighted by atomic mass is 32.2. The molecule has 0 bridgehead atoms. The Morgan fingerprint density at radius 3 is 2.71 bits per heavy atom. The summed E-state index contributed by atoms with van der Waals surface area (Å²) in [5.41, 5.74) is 2.86. The van der Waals surface area contributed by atoms with Crippen LogP contribution >= 0.6 is 10.7 Å². The molecule has 2 aromatic rings. The molecule has 5 heteroatoms. The third-order valence-corrected chi connectivity index (χ3v) is 6.61. The number of rotatable bonds is 7. The fourth-order valence-corrected chi connectivity index (χ4v) is 4.97. The highest BCUT2D eigenvalue weighted by Gasteiger charge is 2.19. The van der Waals surface area contributed by atoms with Gasteiger partial charge in [-0.2, -0.15) is 0 Å². The van der Waals surface area contributed by atoms with Crippen LogP contribution in [0.25, 0.3) is 10.9 Å². The van der Waals surface area contributed by atoms with E-state index in [4.69, 9.17) is 5.11 Å². The Balaban J connectivity index is 1.91. The summed E-state index contributed by atoms with van der Waals surface area (Å²) in [6, 6.07) is 3.75. The van der Waals surface area contributed by atoms with Crippen molar-refractivity contribution in [1.29, 1.82) is 0 Å². The molecule has 3 rings (SSSR count). The minimum atomic E-state index is -0.245. The molecule has 0 aliphatic carbocycles. The molecule has 0 radical (unpaired) electrons. The number of aromatic nitrogens is 1. The summed E-state index contributed by atoms with van der Waals surface area (Å²) in [6.45, 7) is 4.39. The van der Waals surface area contributed by atoms with E-state index >= 15 is 0 Å². The van der Waals surface area contributed by atoms with Crippen molar-refractivity contribution in [1.82, 2.24) is 9.29 Å². The Hall–Kier alpha value is -1.17. The summed E-state index contributed by atoms with van der Waals surface area (Å²) in [7, 11) is -0.245. The van der Waals surface area contributed by atoms with Crippen LogP contribution in [0.15, 0.2) is 17.2 Å². The van der Waals surface area contributed by atoms with Gasteiger partial charge in [0.25, 0.3) is 0 Å². The Kier molecular flexibility index (Phi) is 5.74. The SMILES string of the molecule is C=S(c1cc2c(CCCCCO)c(C)cc(F)c2[nH]1)N1CCCC1. The van der Waals surface area contributed by atoms with Crippen molar-refractivity contribution in [2.24, 2.45) is 0 Å². The van der Waals surface area contributed by atoms with E-state index < -0.39 is 0 Å². The number of aromatic amines is 1. The Morgan fingerprint density at radius 2 is 2.00 bits per heavy atom. The van der Waals surface area contributed by atoms with Gasteiger partial charge in [-0.05, 0) is 62.3 Å². The molecule has 1 unspecified atom stereocenters. The highest BCUT2D eigenvalue weighted by Crippen LogP contribution is 2.36. The number of benzene rings is 1. The van der Waals surface area contributed by atoms with E-state index in [1.165, 1.54) is 18.4 Å². The van der Waals surface area contributed by atoms with Crippen LogP contribution in [0, 0.1) is 12.7 Å². The molecule has 1 aromatic heterocycles. The van der Waals surface area contributed by atoms with Crippen LogP contribution in [-0.4, -0.2) is 40.0 Å². The largest absolute Gasteiger partial charge is 0.396 e. The molecular weight excluding hydrogens is 323 g/mol. The maximum Gasteiger partial charge on any atom is 0.147 e. The van der Waals surface area contributed by atoms with Gasteiger partial charge in [-0.25, -0.2) is 4.39 Å². The van der Waals surface area contributed by atoms with Crippen LogP contribution in [0.3, 0.4) is 0 Å². The topological polar surface area (TPSA) is 39.3 Å². The smallest absolute Gasteiger partial charge is 0.147 e. The van der Waals surface area contributed by atoms with Gasteiger partial charge < -0.3 is 10.1 Å². The molecule has 132 valence electrons. The minimum absolute atomic E-state index is 0.175. The van der Waals surface area contributed by atoms with Gasteiger partial charge in [-0.3, -0.25) is 4.31 Å². The second kappa shape index (κ2) is 7.81. The van der Waals surface area contributed by atoms with Gasteiger partial charge in [-0.15, -0.1) is 0 Å². The molecule has 1 saturated heterocycles. The number of halogens is 1. The number of aliphatic hydroxyl groups is 1. The summed E-state index contributed by atoms with van der Waals surface area (Å²) < 4.78 is 16.8. The van der Waals surface area contributed by atoms with Gasteiger partial charge in [0.1, 0.15) is 5.82 Å². The lowest BCUT2D eigenvalue weighted by atomic mass is 9.98. The maximum atomic E-state index is 14.4. The first-order valence-electron chi connectivity index (χ1n) is 8.82. The first kappa shape index (κ1) is 17.6. The monoisotopic (exact) mass is 350 g/mol. The lowest BCUT2D eigenvalue weighted by Crippen LogP contribution is -2.11. The van der Waals surface area contributed by atoms with Crippen LogP contribution < -0.4 is 0 Å².